The molecule has 0 radical (unpaired) electrons. The number of hydrogen-bond acceptors (Lipinski definition) is 5. The normalized spacial score (nSPS) is 12.7. The fourth-order valence-corrected chi connectivity index (χ4v) is 3.03. The number of nitrogens with zero attached hydrogens (tertiary/aromatic N) is 2. The van der Waals surface area contributed by atoms with Crippen molar-refractivity contribution in [1.82, 2.24) is 9.78 Å². The zero-order chi connectivity index (χ0) is 20.1. The van der Waals surface area contributed by atoms with E-state index in [1.54, 1.807) is 36.3 Å². The molecule has 0 unspecified atom stereocenters. The molecule has 1 N–H and O–H groups in total. The van der Waals surface area contributed by atoms with Gasteiger partial charge in [-0.15, -0.1) is 0 Å². The number of carbonyl (C=O) groups excluding carboxylic acids is 1. The van der Waals surface area contributed by atoms with Crippen molar-refractivity contribution in [2.75, 3.05) is 25.6 Å². The molecule has 0 fully saturated rings. The number of anilines is 1. The first kappa shape index (κ1) is 18.6. The zero-order valence-electron chi connectivity index (χ0n) is 16.0. The van der Waals surface area contributed by atoms with Crippen LogP contribution in [0.25, 0.3) is 6.08 Å². The summed E-state index contributed by atoms with van der Waals surface area (Å²) in [6.07, 6.45) is 6.58. The van der Waals surface area contributed by atoms with E-state index in [0.717, 1.165) is 11.1 Å². The third-order valence-corrected chi connectivity index (χ3v) is 4.37. The Kier molecular flexibility index (Phi) is 5.47. The van der Waals surface area contributed by atoms with E-state index in [9.17, 15) is 4.79 Å². The predicted octanol–water partition coefficient (Wildman–Crippen LogP) is 3.36. The standard InChI is InChI=1S/C22H21N3O4/c1-27-19-11-17(12-20-22(19)29-10-9-28-20)7-8-21(26)24-18-13-23-25(15-18)14-16-5-3-2-4-6-16/h2-8,11-13,15H,9-10,14H2,1H3,(H,24,26)/b8-7+. The van der Waals surface area contributed by atoms with Gasteiger partial charge in [-0.2, -0.15) is 5.10 Å². The number of carbonyl (C=O) groups is 1. The van der Waals surface area contributed by atoms with Gasteiger partial charge < -0.3 is 19.5 Å². The molecule has 29 heavy (non-hydrogen) atoms. The smallest absolute Gasteiger partial charge is 0.248 e. The highest BCUT2D eigenvalue weighted by Gasteiger charge is 2.17. The quantitative estimate of drug-likeness (QED) is 0.652. The largest absolute Gasteiger partial charge is 0.493 e. The van der Waals surface area contributed by atoms with Crippen LogP contribution in [-0.2, 0) is 11.3 Å². The lowest BCUT2D eigenvalue weighted by atomic mass is 10.1. The summed E-state index contributed by atoms with van der Waals surface area (Å²) < 4.78 is 18.3. The Labute approximate surface area is 168 Å². The molecule has 0 bridgehead atoms. The number of hydrogen-bond donors (Lipinski definition) is 1. The van der Waals surface area contributed by atoms with E-state index in [2.05, 4.69) is 10.4 Å². The van der Waals surface area contributed by atoms with Crippen LogP contribution < -0.4 is 19.5 Å². The van der Waals surface area contributed by atoms with E-state index in [-0.39, 0.29) is 5.91 Å². The van der Waals surface area contributed by atoms with Gasteiger partial charge in [0.1, 0.15) is 13.2 Å². The topological polar surface area (TPSA) is 74.6 Å². The lowest BCUT2D eigenvalue weighted by Crippen LogP contribution is -2.16. The molecule has 1 amide bonds. The molecule has 0 saturated carbocycles. The molecule has 7 heteroatoms. The van der Waals surface area contributed by atoms with Crippen LogP contribution in [0.2, 0.25) is 0 Å². The minimum Gasteiger partial charge on any atom is -0.493 e. The number of benzene rings is 2. The van der Waals surface area contributed by atoms with Crippen LogP contribution in [0.15, 0.2) is 60.9 Å². The summed E-state index contributed by atoms with van der Waals surface area (Å²) in [7, 11) is 1.57. The summed E-state index contributed by atoms with van der Waals surface area (Å²) in [4.78, 5) is 12.3. The van der Waals surface area contributed by atoms with E-state index in [0.29, 0.717) is 42.7 Å². The van der Waals surface area contributed by atoms with Crippen LogP contribution in [0, 0.1) is 0 Å². The van der Waals surface area contributed by atoms with Gasteiger partial charge in [-0.05, 0) is 29.3 Å². The first-order chi connectivity index (χ1) is 14.2. The maximum Gasteiger partial charge on any atom is 0.248 e. The SMILES string of the molecule is COc1cc(/C=C/C(=O)Nc2cnn(Cc3ccccc3)c2)cc2c1OCCO2. The molecular weight excluding hydrogens is 370 g/mol. The van der Waals surface area contributed by atoms with E-state index in [4.69, 9.17) is 14.2 Å². The second-order valence-electron chi connectivity index (χ2n) is 6.48. The van der Waals surface area contributed by atoms with Crippen LogP contribution in [0.5, 0.6) is 17.2 Å². The molecule has 3 aromatic rings. The Bertz CT molecular complexity index is 1010. The number of nitrogens with one attached hydrogen (secondary N) is 1. The molecule has 7 nitrogen and oxygen atoms in total. The molecule has 2 aromatic carbocycles. The van der Waals surface area contributed by atoms with Gasteiger partial charge in [-0.3, -0.25) is 9.48 Å². The van der Waals surface area contributed by atoms with Crippen LogP contribution in [0.3, 0.4) is 0 Å². The second-order valence-corrected chi connectivity index (χ2v) is 6.48. The zero-order valence-corrected chi connectivity index (χ0v) is 16.0. The Morgan fingerprint density at radius 2 is 2.07 bits per heavy atom. The number of amides is 1. The van der Waals surface area contributed by atoms with Gasteiger partial charge in [-0.25, -0.2) is 0 Å². The van der Waals surface area contributed by atoms with E-state index in [1.165, 1.54) is 6.08 Å². The fourth-order valence-electron chi connectivity index (χ4n) is 3.03. The maximum absolute atomic E-state index is 12.3. The molecule has 1 aromatic heterocycles. The summed E-state index contributed by atoms with van der Waals surface area (Å²) in [6.45, 7) is 1.61. The highest BCUT2D eigenvalue weighted by molar-refractivity contribution is 6.01. The van der Waals surface area contributed by atoms with Gasteiger partial charge in [-0.1, -0.05) is 30.3 Å². The average Bonchev–Trinajstić information content (AvgIpc) is 3.18. The van der Waals surface area contributed by atoms with Crippen LogP contribution in [0.4, 0.5) is 5.69 Å². The van der Waals surface area contributed by atoms with Crippen molar-refractivity contribution in [3.8, 4) is 17.2 Å². The van der Waals surface area contributed by atoms with Crippen molar-refractivity contribution in [2.24, 2.45) is 0 Å². The number of aromatic nitrogens is 2. The first-order valence-electron chi connectivity index (χ1n) is 9.24. The number of rotatable bonds is 6. The minimum absolute atomic E-state index is 0.252. The highest BCUT2D eigenvalue weighted by atomic mass is 16.6. The van der Waals surface area contributed by atoms with Gasteiger partial charge in [0.05, 0.1) is 25.5 Å². The van der Waals surface area contributed by atoms with Gasteiger partial charge in [0.2, 0.25) is 11.7 Å². The van der Waals surface area contributed by atoms with Crippen LogP contribution >= 0.6 is 0 Å². The lowest BCUT2D eigenvalue weighted by Gasteiger charge is -2.20. The average molecular weight is 391 g/mol. The van der Waals surface area contributed by atoms with Crippen molar-refractivity contribution in [3.63, 3.8) is 0 Å². The van der Waals surface area contributed by atoms with Crippen LogP contribution in [-0.4, -0.2) is 36.0 Å². The molecule has 0 atom stereocenters. The third kappa shape index (κ3) is 4.57. The van der Waals surface area contributed by atoms with Crippen molar-refractivity contribution in [1.29, 1.82) is 0 Å². The Balaban J connectivity index is 1.40. The summed E-state index contributed by atoms with van der Waals surface area (Å²) in [5.41, 5.74) is 2.55. The highest BCUT2D eigenvalue weighted by Crippen LogP contribution is 2.40. The van der Waals surface area contributed by atoms with Gasteiger partial charge in [0.25, 0.3) is 0 Å². The van der Waals surface area contributed by atoms with E-state index in [1.807, 2.05) is 36.4 Å². The van der Waals surface area contributed by atoms with Gasteiger partial charge >= 0.3 is 0 Å². The molecule has 1 aliphatic heterocycles. The minimum atomic E-state index is -0.252. The fraction of sp³-hybridized carbons (Fsp3) is 0.182. The van der Waals surface area contributed by atoms with Gasteiger partial charge in [0.15, 0.2) is 11.5 Å². The monoisotopic (exact) mass is 391 g/mol. The molecule has 0 spiro atoms. The Hall–Kier alpha value is -3.74. The molecule has 4 rings (SSSR count). The first-order valence-corrected chi connectivity index (χ1v) is 9.24. The molecule has 1 aliphatic rings. The molecule has 0 aliphatic carbocycles. The van der Waals surface area contributed by atoms with Crippen LogP contribution in [0.1, 0.15) is 11.1 Å². The summed E-state index contributed by atoms with van der Waals surface area (Å²) >= 11 is 0. The summed E-state index contributed by atoms with van der Waals surface area (Å²) in [5, 5.41) is 7.10. The van der Waals surface area contributed by atoms with E-state index >= 15 is 0 Å². The predicted molar refractivity (Wildman–Crippen MR) is 109 cm³/mol. The lowest BCUT2D eigenvalue weighted by molar-refractivity contribution is -0.111. The summed E-state index contributed by atoms with van der Waals surface area (Å²) in [6, 6.07) is 13.6. The van der Waals surface area contributed by atoms with Crippen molar-refractivity contribution in [3.05, 3.63) is 72.1 Å². The van der Waals surface area contributed by atoms with E-state index < -0.39 is 0 Å². The number of ether oxygens (including phenoxy) is 3. The van der Waals surface area contributed by atoms with Crippen molar-refractivity contribution < 1.29 is 19.0 Å². The third-order valence-electron chi connectivity index (χ3n) is 4.37. The number of methoxy groups -OCH3 is 1. The van der Waals surface area contributed by atoms with Crippen molar-refractivity contribution >= 4 is 17.7 Å². The number of fused-ring (bicyclic) bond motifs is 1. The maximum atomic E-state index is 12.3. The molecular formula is C22H21N3O4. The van der Waals surface area contributed by atoms with Gasteiger partial charge in [0, 0.05) is 12.3 Å². The Morgan fingerprint density at radius 1 is 1.24 bits per heavy atom. The Morgan fingerprint density at radius 3 is 2.90 bits per heavy atom. The molecule has 148 valence electrons. The second kappa shape index (κ2) is 8.52. The van der Waals surface area contributed by atoms with Crippen molar-refractivity contribution in [2.45, 2.75) is 6.54 Å². The molecule has 2 heterocycles. The molecule has 0 saturated heterocycles. The summed E-state index contributed by atoms with van der Waals surface area (Å²) in [5.74, 6) is 1.52.